The zero-order valence-corrected chi connectivity index (χ0v) is 11.8. The standard InChI is InChI=1S/C15H20N4O/c1-10(2)19(9-14(16)20)8-12-7-11-5-3-4-6-13(11)18-15(12)17/h3-7,10H,8-9H2,1-2H3,(H2,16,20)(H2,17,18). The first kappa shape index (κ1) is 14.3. The number of amides is 1. The molecule has 0 saturated carbocycles. The second-order valence-corrected chi connectivity index (χ2v) is 5.19. The predicted molar refractivity (Wildman–Crippen MR) is 80.9 cm³/mol. The average molecular weight is 272 g/mol. The molecule has 5 heteroatoms. The Balaban J connectivity index is 2.31. The van der Waals surface area contributed by atoms with E-state index in [9.17, 15) is 4.79 Å². The van der Waals surface area contributed by atoms with E-state index in [-0.39, 0.29) is 18.5 Å². The molecule has 5 nitrogen and oxygen atoms in total. The molecule has 0 radical (unpaired) electrons. The summed E-state index contributed by atoms with van der Waals surface area (Å²) in [5.74, 6) is 0.157. The fourth-order valence-corrected chi connectivity index (χ4v) is 2.14. The van der Waals surface area contributed by atoms with Gasteiger partial charge in [-0.05, 0) is 26.0 Å². The number of para-hydroxylation sites is 1. The minimum atomic E-state index is -0.342. The van der Waals surface area contributed by atoms with Gasteiger partial charge in [0.05, 0.1) is 12.1 Å². The Kier molecular flexibility index (Phi) is 4.20. The minimum absolute atomic E-state index is 0.202. The summed E-state index contributed by atoms with van der Waals surface area (Å²) in [7, 11) is 0. The molecule has 2 rings (SSSR count). The van der Waals surface area contributed by atoms with Gasteiger partial charge in [0.25, 0.3) is 0 Å². The molecule has 0 fully saturated rings. The first-order chi connectivity index (χ1) is 9.47. The van der Waals surface area contributed by atoms with Gasteiger partial charge in [0.1, 0.15) is 5.82 Å². The molecule has 0 aliphatic carbocycles. The van der Waals surface area contributed by atoms with Crippen LogP contribution in [0.15, 0.2) is 30.3 Å². The van der Waals surface area contributed by atoms with Crippen LogP contribution in [0, 0.1) is 0 Å². The fourth-order valence-electron chi connectivity index (χ4n) is 2.14. The molecule has 0 spiro atoms. The summed E-state index contributed by atoms with van der Waals surface area (Å²) in [5, 5.41) is 1.04. The lowest BCUT2D eigenvalue weighted by Gasteiger charge is -2.25. The molecule has 4 N–H and O–H groups in total. The highest BCUT2D eigenvalue weighted by Crippen LogP contribution is 2.20. The SMILES string of the molecule is CC(C)N(CC(N)=O)Cc1cc2ccccc2nc1N. The molecule has 1 amide bonds. The van der Waals surface area contributed by atoms with Crippen LogP contribution < -0.4 is 11.5 Å². The number of hydrogen-bond acceptors (Lipinski definition) is 4. The molecule has 1 aromatic heterocycles. The number of fused-ring (bicyclic) bond motifs is 1. The fraction of sp³-hybridized carbons (Fsp3) is 0.333. The third-order valence-corrected chi connectivity index (χ3v) is 3.30. The van der Waals surface area contributed by atoms with Crippen molar-refractivity contribution < 1.29 is 4.79 Å². The van der Waals surface area contributed by atoms with Crippen molar-refractivity contribution in [2.24, 2.45) is 5.73 Å². The molecule has 1 heterocycles. The summed E-state index contributed by atoms with van der Waals surface area (Å²) in [4.78, 5) is 17.5. The van der Waals surface area contributed by atoms with E-state index in [1.54, 1.807) is 0 Å². The van der Waals surface area contributed by atoms with Gasteiger partial charge >= 0.3 is 0 Å². The van der Waals surface area contributed by atoms with Gasteiger partial charge in [0.2, 0.25) is 5.91 Å². The maximum absolute atomic E-state index is 11.1. The Morgan fingerprint density at radius 3 is 2.70 bits per heavy atom. The van der Waals surface area contributed by atoms with E-state index in [4.69, 9.17) is 11.5 Å². The van der Waals surface area contributed by atoms with E-state index in [1.807, 2.05) is 49.1 Å². The summed E-state index contributed by atoms with van der Waals surface area (Å²) < 4.78 is 0. The van der Waals surface area contributed by atoms with E-state index in [1.165, 1.54) is 0 Å². The number of hydrogen-bond donors (Lipinski definition) is 2. The van der Waals surface area contributed by atoms with Crippen molar-refractivity contribution in [3.63, 3.8) is 0 Å². The van der Waals surface area contributed by atoms with Crippen LogP contribution in [0.25, 0.3) is 10.9 Å². The maximum atomic E-state index is 11.1. The first-order valence-corrected chi connectivity index (χ1v) is 6.64. The second-order valence-electron chi connectivity index (χ2n) is 5.19. The molecule has 0 atom stereocenters. The first-order valence-electron chi connectivity index (χ1n) is 6.64. The molecular weight excluding hydrogens is 252 g/mol. The molecule has 0 saturated heterocycles. The van der Waals surface area contributed by atoms with Crippen molar-refractivity contribution >= 4 is 22.6 Å². The van der Waals surface area contributed by atoms with Crippen LogP contribution in [-0.4, -0.2) is 28.4 Å². The van der Waals surface area contributed by atoms with Gasteiger partial charge < -0.3 is 11.5 Å². The van der Waals surface area contributed by atoms with Gasteiger partial charge in [-0.3, -0.25) is 9.69 Å². The largest absolute Gasteiger partial charge is 0.383 e. The molecule has 20 heavy (non-hydrogen) atoms. The third-order valence-electron chi connectivity index (χ3n) is 3.30. The van der Waals surface area contributed by atoms with Gasteiger partial charge in [-0.25, -0.2) is 4.98 Å². The van der Waals surface area contributed by atoms with Crippen molar-refractivity contribution in [3.05, 3.63) is 35.9 Å². The van der Waals surface area contributed by atoms with Crippen LogP contribution >= 0.6 is 0 Å². The van der Waals surface area contributed by atoms with Gasteiger partial charge in [-0.1, -0.05) is 18.2 Å². The number of primary amides is 1. The zero-order chi connectivity index (χ0) is 14.7. The molecule has 106 valence electrons. The lowest BCUT2D eigenvalue weighted by Crippen LogP contribution is -2.38. The normalized spacial score (nSPS) is 11.4. The number of benzene rings is 1. The van der Waals surface area contributed by atoms with Crippen molar-refractivity contribution in [3.8, 4) is 0 Å². The molecule has 0 aliphatic rings. The van der Waals surface area contributed by atoms with Crippen LogP contribution in [0.1, 0.15) is 19.4 Å². The number of anilines is 1. The van der Waals surface area contributed by atoms with E-state index < -0.39 is 0 Å². The Labute approximate surface area is 118 Å². The minimum Gasteiger partial charge on any atom is -0.383 e. The smallest absolute Gasteiger partial charge is 0.231 e. The highest BCUT2D eigenvalue weighted by Gasteiger charge is 2.15. The number of carbonyl (C=O) groups excluding carboxylic acids is 1. The lowest BCUT2D eigenvalue weighted by molar-refractivity contribution is -0.119. The van der Waals surface area contributed by atoms with Crippen molar-refractivity contribution in [2.45, 2.75) is 26.4 Å². The summed E-state index contributed by atoms with van der Waals surface area (Å²) in [6.45, 7) is 4.81. The second kappa shape index (κ2) is 5.88. The number of nitrogens with two attached hydrogens (primary N) is 2. The molecule has 0 aliphatic heterocycles. The van der Waals surface area contributed by atoms with Crippen molar-refractivity contribution in [1.29, 1.82) is 0 Å². The van der Waals surface area contributed by atoms with Gasteiger partial charge in [-0.2, -0.15) is 0 Å². The van der Waals surface area contributed by atoms with Crippen molar-refractivity contribution in [2.75, 3.05) is 12.3 Å². The summed E-state index contributed by atoms with van der Waals surface area (Å²) >= 11 is 0. The lowest BCUT2D eigenvalue weighted by atomic mass is 10.1. The number of pyridine rings is 1. The number of rotatable bonds is 5. The van der Waals surface area contributed by atoms with Crippen LogP contribution in [0.5, 0.6) is 0 Å². The van der Waals surface area contributed by atoms with Gasteiger partial charge in [-0.15, -0.1) is 0 Å². The van der Waals surface area contributed by atoms with E-state index in [0.717, 1.165) is 16.5 Å². The van der Waals surface area contributed by atoms with Crippen LogP contribution in [0.3, 0.4) is 0 Å². The topological polar surface area (TPSA) is 85.2 Å². The average Bonchev–Trinajstić information content (AvgIpc) is 2.38. The van der Waals surface area contributed by atoms with Gasteiger partial charge in [0.15, 0.2) is 0 Å². The molecular formula is C15H20N4O. The van der Waals surface area contributed by atoms with E-state index in [0.29, 0.717) is 12.4 Å². The zero-order valence-electron chi connectivity index (χ0n) is 11.8. The molecule has 0 unspecified atom stereocenters. The molecule has 0 bridgehead atoms. The number of carbonyl (C=O) groups is 1. The molecule has 1 aromatic carbocycles. The summed E-state index contributed by atoms with van der Waals surface area (Å²) in [6, 6.07) is 10.1. The summed E-state index contributed by atoms with van der Waals surface area (Å²) in [5.41, 5.74) is 13.1. The Bertz CT molecular complexity index is 624. The molecule has 2 aromatic rings. The Hall–Kier alpha value is -2.14. The number of nitrogens with zero attached hydrogens (tertiary/aromatic N) is 2. The van der Waals surface area contributed by atoms with Crippen molar-refractivity contribution in [1.82, 2.24) is 9.88 Å². The number of aromatic nitrogens is 1. The highest BCUT2D eigenvalue weighted by molar-refractivity contribution is 5.81. The monoisotopic (exact) mass is 272 g/mol. The van der Waals surface area contributed by atoms with Crippen LogP contribution in [0.4, 0.5) is 5.82 Å². The predicted octanol–water partition coefficient (Wildman–Crippen LogP) is 1.51. The quantitative estimate of drug-likeness (QED) is 0.864. The van der Waals surface area contributed by atoms with Gasteiger partial charge in [0, 0.05) is 23.5 Å². The third kappa shape index (κ3) is 3.24. The highest BCUT2D eigenvalue weighted by atomic mass is 16.1. The number of nitrogen functional groups attached to an aromatic ring is 1. The van der Waals surface area contributed by atoms with Crippen LogP contribution in [0.2, 0.25) is 0 Å². The van der Waals surface area contributed by atoms with Crippen LogP contribution in [-0.2, 0) is 11.3 Å². The van der Waals surface area contributed by atoms with E-state index in [2.05, 4.69) is 4.98 Å². The maximum Gasteiger partial charge on any atom is 0.231 e. The summed E-state index contributed by atoms with van der Waals surface area (Å²) in [6.07, 6.45) is 0. The Morgan fingerprint density at radius 2 is 2.05 bits per heavy atom. The Morgan fingerprint density at radius 1 is 1.35 bits per heavy atom. The van der Waals surface area contributed by atoms with E-state index >= 15 is 0 Å².